The molecule has 0 N–H and O–H groups in total. The minimum absolute atomic E-state index is 0.0606. The van der Waals surface area contributed by atoms with Crippen LogP contribution in [0.5, 0.6) is 0 Å². The molecule has 1 aromatic carbocycles. The number of halogens is 1. The zero-order valence-electron chi connectivity index (χ0n) is 18.4. The van der Waals surface area contributed by atoms with Gasteiger partial charge in [0.2, 0.25) is 17.7 Å². The van der Waals surface area contributed by atoms with E-state index in [1.165, 1.54) is 40.6 Å². The summed E-state index contributed by atoms with van der Waals surface area (Å²) >= 11 is 2.24. The Bertz CT molecular complexity index is 1200. The topological polar surface area (TPSA) is 79.7 Å². The smallest absolute Gasteiger partial charge is 0.308 e. The fraction of sp³-hybridized carbons (Fsp3) is 0.478. The van der Waals surface area contributed by atoms with Crippen LogP contribution >= 0.6 is 23.1 Å². The Morgan fingerprint density at radius 2 is 1.73 bits per heavy atom. The number of amides is 3. The highest BCUT2D eigenvalue weighted by atomic mass is 32.2. The Morgan fingerprint density at radius 1 is 1.06 bits per heavy atom. The van der Waals surface area contributed by atoms with Gasteiger partial charge in [0.25, 0.3) is 0 Å². The van der Waals surface area contributed by atoms with E-state index in [0.717, 1.165) is 40.4 Å². The number of thioether (sulfide) groups is 1. The molecular formula is C23H24FN3O4S2. The Labute approximate surface area is 198 Å². The van der Waals surface area contributed by atoms with Gasteiger partial charge >= 0.3 is 4.87 Å². The van der Waals surface area contributed by atoms with E-state index in [-0.39, 0.29) is 29.1 Å². The van der Waals surface area contributed by atoms with Gasteiger partial charge in [0.1, 0.15) is 17.6 Å². The van der Waals surface area contributed by atoms with Gasteiger partial charge in [-0.1, -0.05) is 36.9 Å². The van der Waals surface area contributed by atoms with Crippen molar-refractivity contribution in [1.82, 2.24) is 9.47 Å². The average molecular weight is 490 g/mol. The molecule has 3 aliphatic rings. The van der Waals surface area contributed by atoms with Crippen molar-refractivity contribution in [2.45, 2.75) is 55.3 Å². The van der Waals surface area contributed by atoms with E-state index >= 15 is 0 Å². The van der Waals surface area contributed by atoms with Crippen LogP contribution in [0.15, 0.2) is 34.1 Å². The molecule has 0 saturated carbocycles. The second-order valence-electron chi connectivity index (χ2n) is 9.26. The second kappa shape index (κ2) is 8.09. The number of rotatable bonds is 3. The Hall–Kier alpha value is -2.46. The van der Waals surface area contributed by atoms with Crippen molar-refractivity contribution in [3.8, 4) is 0 Å². The fourth-order valence-corrected chi connectivity index (χ4v) is 8.03. The molecule has 10 heteroatoms. The summed E-state index contributed by atoms with van der Waals surface area (Å²) in [7, 11) is 0. The summed E-state index contributed by atoms with van der Waals surface area (Å²) in [6, 6.07) is 5.28. The fourth-order valence-electron chi connectivity index (χ4n) is 4.99. The Balaban J connectivity index is 1.49. The van der Waals surface area contributed by atoms with Crippen molar-refractivity contribution in [2.75, 3.05) is 18.0 Å². The van der Waals surface area contributed by atoms with Crippen LogP contribution in [0.1, 0.15) is 38.0 Å². The van der Waals surface area contributed by atoms with E-state index in [4.69, 9.17) is 0 Å². The summed E-state index contributed by atoms with van der Waals surface area (Å²) in [5.41, 5.74) is -0.436. The molecule has 0 bridgehead atoms. The SMILES string of the molecule is CC1(C)c2sc(=O)n(CC(=O)N3CCCCC3)c2SC2C(=O)N(c3ccc(F)cc3)C(=O)C21. The summed E-state index contributed by atoms with van der Waals surface area (Å²) in [5.74, 6) is -1.93. The van der Waals surface area contributed by atoms with E-state index in [1.54, 1.807) is 4.90 Å². The molecule has 5 rings (SSSR count). The van der Waals surface area contributed by atoms with Crippen LogP contribution < -0.4 is 9.77 Å². The summed E-state index contributed by atoms with van der Waals surface area (Å²) in [4.78, 5) is 55.9. The van der Waals surface area contributed by atoms with Crippen LogP contribution in [-0.2, 0) is 26.3 Å². The first-order valence-corrected chi connectivity index (χ1v) is 12.7. The maximum absolute atomic E-state index is 13.4. The van der Waals surface area contributed by atoms with Gasteiger partial charge in [-0.25, -0.2) is 9.29 Å². The first-order valence-electron chi connectivity index (χ1n) is 11.0. The number of imide groups is 1. The van der Waals surface area contributed by atoms with Gasteiger partial charge < -0.3 is 4.90 Å². The van der Waals surface area contributed by atoms with Crippen LogP contribution in [0, 0.1) is 11.7 Å². The summed E-state index contributed by atoms with van der Waals surface area (Å²) in [6.45, 7) is 5.07. The quantitative estimate of drug-likeness (QED) is 0.620. The van der Waals surface area contributed by atoms with Crippen LogP contribution in [0.4, 0.5) is 10.1 Å². The highest BCUT2D eigenvalue weighted by Crippen LogP contribution is 2.54. The van der Waals surface area contributed by atoms with Gasteiger partial charge in [0.05, 0.1) is 16.6 Å². The number of carbonyl (C=O) groups is 3. The number of nitrogens with zero attached hydrogens (tertiary/aromatic N) is 3. The van der Waals surface area contributed by atoms with Crippen LogP contribution in [0.2, 0.25) is 0 Å². The molecule has 7 nitrogen and oxygen atoms in total. The average Bonchev–Trinajstić information content (AvgIpc) is 3.24. The molecule has 3 amide bonds. The third-order valence-electron chi connectivity index (χ3n) is 6.79. The molecular weight excluding hydrogens is 465 g/mol. The molecule has 4 heterocycles. The van der Waals surface area contributed by atoms with E-state index in [2.05, 4.69) is 0 Å². The minimum atomic E-state index is -0.768. The van der Waals surface area contributed by atoms with Crippen molar-refractivity contribution in [2.24, 2.45) is 5.92 Å². The lowest BCUT2D eigenvalue weighted by Crippen LogP contribution is -2.42. The van der Waals surface area contributed by atoms with Crippen molar-refractivity contribution in [1.29, 1.82) is 0 Å². The molecule has 0 aliphatic carbocycles. The molecule has 174 valence electrons. The highest BCUT2D eigenvalue weighted by Gasteiger charge is 2.59. The maximum Gasteiger partial charge on any atom is 0.308 e. The first kappa shape index (κ1) is 22.3. The van der Waals surface area contributed by atoms with Gasteiger partial charge in [-0.15, -0.1) is 0 Å². The lowest BCUT2D eigenvalue weighted by Gasteiger charge is -2.36. The van der Waals surface area contributed by atoms with Crippen molar-refractivity contribution < 1.29 is 18.8 Å². The first-order chi connectivity index (χ1) is 15.7. The van der Waals surface area contributed by atoms with E-state index in [0.29, 0.717) is 23.8 Å². The molecule has 3 aliphatic heterocycles. The van der Waals surface area contributed by atoms with Gasteiger partial charge in [-0.05, 0) is 43.5 Å². The molecule has 2 aromatic rings. The molecule has 2 fully saturated rings. The van der Waals surface area contributed by atoms with E-state index < -0.39 is 22.4 Å². The third kappa shape index (κ3) is 3.54. The largest absolute Gasteiger partial charge is 0.341 e. The van der Waals surface area contributed by atoms with Gasteiger partial charge in [-0.3, -0.25) is 23.7 Å². The van der Waals surface area contributed by atoms with Crippen LogP contribution in [0.25, 0.3) is 0 Å². The lowest BCUT2D eigenvalue weighted by molar-refractivity contribution is -0.133. The molecule has 1 aromatic heterocycles. The number of thiazole rings is 1. The molecule has 2 saturated heterocycles. The van der Waals surface area contributed by atoms with Crippen LogP contribution in [-0.4, -0.2) is 45.5 Å². The van der Waals surface area contributed by atoms with Gasteiger partial charge in [-0.2, -0.15) is 0 Å². The maximum atomic E-state index is 13.4. The Kier molecular flexibility index (Phi) is 5.48. The standard InChI is InChI=1S/C23H24FN3O4S2/c1-23(2)16-17(20(30)27(19(16)29)14-8-6-13(24)7-9-14)32-21-18(23)33-22(31)26(21)12-15(28)25-10-4-3-5-11-25/h6-9,16-17H,3-5,10-12H2,1-2H3. The van der Waals surface area contributed by atoms with Gasteiger partial charge in [0, 0.05) is 23.4 Å². The number of hydrogen-bond acceptors (Lipinski definition) is 6. The minimum Gasteiger partial charge on any atom is -0.341 e. The van der Waals surface area contributed by atoms with E-state index in [9.17, 15) is 23.6 Å². The zero-order valence-corrected chi connectivity index (χ0v) is 20.0. The molecule has 0 spiro atoms. The van der Waals surface area contributed by atoms with Crippen molar-refractivity contribution in [3.05, 3.63) is 44.6 Å². The number of aromatic nitrogens is 1. The van der Waals surface area contributed by atoms with Crippen molar-refractivity contribution >= 4 is 46.5 Å². The van der Waals surface area contributed by atoms with Gasteiger partial charge in [0.15, 0.2) is 0 Å². The second-order valence-corrected chi connectivity index (χ2v) is 11.3. The number of piperidine rings is 1. The van der Waals surface area contributed by atoms with Crippen LogP contribution in [0.3, 0.4) is 0 Å². The summed E-state index contributed by atoms with van der Waals surface area (Å²) in [6.07, 6.45) is 3.03. The monoisotopic (exact) mass is 489 g/mol. The lowest BCUT2D eigenvalue weighted by atomic mass is 9.76. The number of benzene rings is 1. The number of likely N-dealkylation sites (tertiary alicyclic amines) is 1. The predicted octanol–water partition coefficient (Wildman–Crippen LogP) is 3.00. The summed E-state index contributed by atoms with van der Waals surface area (Å²) in [5, 5.41) is -0.112. The highest BCUT2D eigenvalue weighted by molar-refractivity contribution is 8.00. The molecule has 33 heavy (non-hydrogen) atoms. The third-order valence-corrected chi connectivity index (χ3v) is 9.61. The normalized spacial score (nSPS) is 24.1. The molecule has 2 atom stereocenters. The number of carbonyl (C=O) groups excluding carboxylic acids is 3. The summed E-state index contributed by atoms with van der Waals surface area (Å²) < 4.78 is 14.9. The number of fused-ring (bicyclic) bond motifs is 2. The molecule has 0 radical (unpaired) electrons. The zero-order chi connectivity index (χ0) is 23.5. The molecule has 2 unspecified atom stereocenters. The van der Waals surface area contributed by atoms with E-state index in [1.807, 2.05) is 13.8 Å². The number of anilines is 1. The van der Waals surface area contributed by atoms with Crippen molar-refractivity contribution in [3.63, 3.8) is 0 Å². The Morgan fingerprint density at radius 3 is 2.39 bits per heavy atom. The predicted molar refractivity (Wildman–Crippen MR) is 124 cm³/mol. The number of hydrogen-bond donors (Lipinski definition) is 0.